The van der Waals surface area contributed by atoms with Crippen LogP contribution in [0.2, 0.25) is 0 Å². The van der Waals surface area contributed by atoms with Crippen molar-refractivity contribution >= 4 is 5.91 Å². The maximum absolute atomic E-state index is 11.8. The highest BCUT2D eigenvalue weighted by molar-refractivity contribution is 5.75. The number of rotatable bonds is 7. The van der Waals surface area contributed by atoms with Gasteiger partial charge in [-0.3, -0.25) is 14.8 Å². The van der Waals surface area contributed by atoms with Crippen molar-refractivity contribution < 1.29 is 4.79 Å². The monoisotopic (exact) mass is 293 g/mol. The summed E-state index contributed by atoms with van der Waals surface area (Å²) in [6.07, 6.45) is 4.07. The first kappa shape index (κ1) is 16.0. The molecule has 2 rings (SSSR count). The summed E-state index contributed by atoms with van der Waals surface area (Å²) in [4.78, 5) is 16.7. The van der Waals surface area contributed by atoms with Gasteiger partial charge in [0.2, 0.25) is 5.91 Å². The molecule has 1 atom stereocenters. The smallest absolute Gasteiger partial charge is 0.220 e. The summed E-state index contributed by atoms with van der Waals surface area (Å²) >= 11 is 0. The fourth-order valence-corrected chi connectivity index (χ4v) is 2.63. The number of hydrogen-bond acceptors (Lipinski definition) is 4. The van der Waals surface area contributed by atoms with Gasteiger partial charge < -0.3 is 10.2 Å². The minimum Gasteiger partial charge on any atom is -0.356 e. The van der Waals surface area contributed by atoms with E-state index in [0.717, 1.165) is 44.7 Å². The predicted octanol–water partition coefficient (Wildman–Crippen LogP) is 0.485. The van der Waals surface area contributed by atoms with Crippen LogP contribution in [0.15, 0.2) is 12.3 Å². The summed E-state index contributed by atoms with van der Waals surface area (Å²) in [7, 11) is 2.16. The number of carbonyl (C=O) groups excluding carboxylic acids is 1. The molecule has 0 bridgehead atoms. The highest BCUT2D eigenvalue weighted by Gasteiger charge is 2.19. The van der Waals surface area contributed by atoms with Crippen LogP contribution >= 0.6 is 0 Å². The van der Waals surface area contributed by atoms with Crippen molar-refractivity contribution in [1.29, 1.82) is 0 Å². The lowest BCUT2D eigenvalue weighted by Gasteiger charge is -2.36. The molecule has 1 saturated heterocycles. The van der Waals surface area contributed by atoms with Crippen LogP contribution in [0, 0.1) is 0 Å². The van der Waals surface area contributed by atoms with Gasteiger partial charge in [-0.1, -0.05) is 0 Å². The van der Waals surface area contributed by atoms with Crippen molar-refractivity contribution in [2.24, 2.45) is 0 Å². The minimum absolute atomic E-state index is 0.149. The van der Waals surface area contributed by atoms with Gasteiger partial charge in [0.25, 0.3) is 0 Å². The Bertz CT molecular complexity index is 412. The molecule has 1 aliphatic rings. The lowest BCUT2D eigenvalue weighted by molar-refractivity contribution is -0.121. The summed E-state index contributed by atoms with van der Waals surface area (Å²) in [5.41, 5.74) is 1.06. The molecule has 0 aliphatic carbocycles. The molecule has 1 aliphatic heterocycles. The highest BCUT2D eigenvalue weighted by atomic mass is 16.1. The first-order chi connectivity index (χ1) is 10.1. The van der Waals surface area contributed by atoms with Crippen LogP contribution < -0.4 is 5.32 Å². The molecule has 1 fully saturated rings. The second-order valence-electron chi connectivity index (χ2n) is 5.91. The molecule has 6 nitrogen and oxygen atoms in total. The Labute approximate surface area is 126 Å². The zero-order valence-corrected chi connectivity index (χ0v) is 13.1. The second-order valence-corrected chi connectivity index (χ2v) is 5.91. The maximum Gasteiger partial charge on any atom is 0.220 e. The minimum atomic E-state index is 0.149. The van der Waals surface area contributed by atoms with Crippen LogP contribution in [0.5, 0.6) is 0 Å². The highest BCUT2D eigenvalue weighted by Crippen LogP contribution is 2.09. The van der Waals surface area contributed by atoms with Crippen LogP contribution in [-0.2, 0) is 11.2 Å². The summed E-state index contributed by atoms with van der Waals surface area (Å²) in [6, 6.07) is 2.42. The molecule has 2 heterocycles. The molecule has 0 spiro atoms. The van der Waals surface area contributed by atoms with E-state index in [1.54, 1.807) is 6.20 Å². The third-order valence-corrected chi connectivity index (χ3v) is 4.23. The Morgan fingerprint density at radius 3 is 2.86 bits per heavy atom. The van der Waals surface area contributed by atoms with E-state index in [-0.39, 0.29) is 5.91 Å². The fourth-order valence-electron chi connectivity index (χ4n) is 2.63. The largest absolute Gasteiger partial charge is 0.356 e. The second kappa shape index (κ2) is 8.14. The molecule has 118 valence electrons. The Morgan fingerprint density at radius 2 is 2.19 bits per heavy atom. The Kier molecular flexibility index (Phi) is 6.20. The van der Waals surface area contributed by atoms with Crippen molar-refractivity contribution in [3.05, 3.63) is 18.0 Å². The summed E-state index contributed by atoms with van der Waals surface area (Å²) < 4.78 is 0. The van der Waals surface area contributed by atoms with Gasteiger partial charge in [-0.15, -0.1) is 0 Å². The Hall–Kier alpha value is -1.40. The SMILES string of the molecule is C[C@@H](CCC(=O)NCCc1ccn[nH]1)N1CCN(C)CC1. The lowest BCUT2D eigenvalue weighted by Crippen LogP contribution is -2.48. The topological polar surface area (TPSA) is 64.3 Å². The molecule has 1 amide bonds. The van der Waals surface area contributed by atoms with Gasteiger partial charge in [0.05, 0.1) is 0 Å². The van der Waals surface area contributed by atoms with Gasteiger partial charge in [-0.2, -0.15) is 5.10 Å². The zero-order chi connectivity index (χ0) is 15.1. The Morgan fingerprint density at radius 1 is 1.43 bits per heavy atom. The quantitative estimate of drug-likeness (QED) is 0.768. The molecule has 1 aromatic rings. The average molecular weight is 293 g/mol. The van der Waals surface area contributed by atoms with E-state index in [4.69, 9.17) is 0 Å². The lowest BCUT2D eigenvalue weighted by atomic mass is 10.1. The van der Waals surface area contributed by atoms with Crippen molar-refractivity contribution in [3.63, 3.8) is 0 Å². The van der Waals surface area contributed by atoms with E-state index in [9.17, 15) is 4.79 Å². The standard InChI is InChI=1S/C15H27N5O/c1-13(20-11-9-19(2)10-12-20)3-4-15(21)16-7-5-14-6-8-17-18-14/h6,8,13H,3-5,7,9-12H2,1-2H3,(H,16,21)(H,17,18)/t13-/m0/s1. The molecule has 6 heteroatoms. The van der Waals surface area contributed by atoms with Crippen LogP contribution in [0.3, 0.4) is 0 Å². The van der Waals surface area contributed by atoms with Gasteiger partial charge in [0.15, 0.2) is 0 Å². The van der Waals surface area contributed by atoms with Crippen LogP contribution in [0.25, 0.3) is 0 Å². The third kappa shape index (κ3) is 5.47. The number of aromatic nitrogens is 2. The van der Waals surface area contributed by atoms with E-state index in [1.165, 1.54) is 0 Å². The number of H-pyrrole nitrogens is 1. The molecular formula is C15H27N5O. The van der Waals surface area contributed by atoms with E-state index < -0.39 is 0 Å². The third-order valence-electron chi connectivity index (χ3n) is 4.23. The first-order valence-corrected chi connectivity index (χ1v) is 7.82. The zero-order valence-electron chi connectivity index (χ0n) is 13.1. The average Bonchev–Trinajstić information content (AvgIpc) is 2.99. The van der Waals surface area contributed by atoms with Gasteiger partial charge in [0, 0.05) is 63.5 Å². The van der Waals surface area contributed by atoms with Gasteiger partial charge in [-0.25, -0.2) is 0 Å². The number of likely N-dealkylation sites (N-methyl/N-ethyl adjacent to an activating group) is 1. The molecule has 0 aromatic carbocycles. The van der Waals surface area contributed by atoms with E-state index in [2.05, 4.69) is 39.3 Å². The molecule has 1 aromatic heterocycles. The van der Waals surface area contributed by atoms with Crippen molar-refractivity contribution in [1.82, 2.24) is 25.3 Å². The van der Waals surface area contributed by atoms with Gasteiger partial charge >= 0.3 is 0 Å². The van der Waals surface area contributed by atoms with Gasteiger partial charge in [0.1, 0.15) is 0 Å². The molecule has 2 N–H and O–H groups in total. The number of hydrogen-bond donors (Lipinski definition) is 2. The van der Waals surface area contributed by atoms with Crippen LogP contribution in [0.4, 0.5) is 0 Å². The van der Waals surface area contributed by atoms with Crippen molar-refractivity contribution in [3.8, 4) is 0 Å². The summed E-state index contributed by atoms with van der Waals surface area (Å²) in [5, 5.41) is 9.76. The number of carbonyl (C=O) groups is 1. The first-order valence-electron chi connectivity index (χ1n) is 7.82. The summed E-state index contributed by atoms with van der Waals surface area (Å²) in [5.74, 6) is 0.149. The van der Waals surface area contributed by atoms with Crippen molar-refractivity contribution in [2.75, 3.05) is 39.8 Å². The molecule has 21 heavy (non-hydrogen) atoms. The number of nitrogens with zero attached hydrogens (tertiary/aromatic N) is 3. The maximum atomic E-state index is 11.8. The number of aromatic amines is 1. The molecule has 0 unspecified atom stereocenters. The van der Waals surface area contributed by atoms with Gasteiger partial charge in [-0.05, 0) is 26.5 Å². The Balaban J connectivity index is 1.57. The van der Waals surface area contributed by atoms with Crippen molar-refractivity contribution in [2.45, 2.75) is 32.2 Å². The number of piperazine rings is 1. The molecular weight excluding hydrogens is 266 g/mol. The fraction of sp³-hybridized carbons (Fsp3) is 0.733. The van der Waals surface area contributed by atoms with E-state index >= 15 is 0 Å². The number of amides is 1. The van der Waals surface area contributed by atoms with E-state index in [1.807, 2.05) is 6.07 Å². The van der Waals surface area contributed by atoms with E-state index in [0.29, 0.717) is 19.0 Å². The summed E-state index contributed by atoms with van der Waals surface area (Å²) in [6.45, 7) is 7.37. The number of nitrogens with one attached hydrogen (secondary N) is 2. The predicted molar refractivity (Wildman–Crippen MR) is 83.1 cm³/mol. The van der Waals surface area contributed by atoms with Crippen LogP contribution in [-0.4, -0.2) is 71.7 Å². The van der Waals surface area contributed by atoms with Crippen LogP contribution in [0.1, 0.15) is 25.5 Å². The molecule has 0 saturated carbocycles. The normalized spacial score (nSPS) is 18.6. The molecule has 0 radical (unpaired) electrons.